The normalized spacial score (nSPS) is 13.7. The molecule has 2 aromatic carbocycles. The Hall–Kier alpha value is -1.32. The molecule has 0 saturated heterocycles. The second-order valence-electron chi connectivity index (χ2n) is 5.36. The Kier molecular flexibility index (Phi) is 5.83. The summed E-state index contributed by atoms with van der Waals surface area (Å²) < 4.78 is 6.55. The number of halogens is 1. The first-order valence-electron chi connectivity index (χ1n) is 7.23. The average molecular weight is 348 g/mol. The first kappa shape index (κ1) is 16.1. The molecule has 2 rings (SSSR count). The maximum Gasteiger partial charge on any atom is 0.123 e. The number of nitrogens with one attached hydrogen (secondary N) is 1. The Balaban J connectivity index is 1.98. The molecule has 2 unspecified atom stereocenters. The summed E-state index contributed by atoms with van der Waals surface area (Å²) in [5.41, 5.74) is 2.54. The van der Waals surface area contributed by atoms with E-state index >= 15 is 0 Å². The molecule has 0 amide bonds. The second kappa shape index (κ2) is 7.62. The molecule has 0 bridgehead atoms. The Labute approximate surface area is 135 Å². The standard InChI is InChI=1S/C18H22BrNO/c1-13(12-15-8-10-16(19)11-9-15)20-14(2)17-6-4-5-7-18(17)21-3/h4-11,13-14,20H,12H2,1-3H3. The highest BCUT2D eigenvalue weighted by molar-refractivity contribution is 9.10. The minimum Gasteiger partial charge on any atom is -0.496 e. The van der Waals surface area contributed by atoms with E-state index in [2.05, 4.69) is 71.5 Å². The molecule has 0 radical (unpaired) electrons. The van der Waals surface area contributed by atoms with Crippen molar-refractivity contribution in [3.05, 3.63) is 64.1 Å². The zero-order valence-corrected chi connectivity index (χ0v) is 14.4. The highest BCUT2D eigenvalue weighted by Gasteiger charge is 2.13. The maximum absolute atomic E-state index is 5.43. The van der Waals surface area contributed by atoms with Crippen molar-refractivity contribution in [2.45, 2.75) is 32.4 Å². The van der Waals surface area contributed by atoms with Gasteiger partial charge in [0, 0.05) is 22.1 Å². The minimum atomic E-state index is 0.256. The van der Waals surface area contributed by atoms with E-state index in [1.54, 1.807) is 7.11 Å². The van der Waals surface area contributed by atoms with Gasteiger partial charge in [0.2, 0.25) is 0 Å². The van der Waals surface area contributed by atoms with Crippen LogP contribution in [-0.2, 0) is 6.42 Å². The molecule has 2 atom stereocenters. The molecule has 0 aliphatic heterocycles. The fraction of sp³-hybridized carbons (Fsp3) is 0.333. The van der Waals surface area contributed by atoms with Crippen LogP contribution in [0.25, 0.3) is 0 Å². The van der Waals surface area contributed by atoms with Gasteiger partial charge in [-0.1, -0.05) is 46.3 Å². The zero-order chi connectivity index (χ0) is 15.2. The van der Waals surface area contributed by atoms with Crippen LogP contribution in [0.5, 0.6) is 5.75 Å². The highest BCUT2D eigenvalue weighted by Crippen LogP contribution is 2.25. The second-order valence-corrected chi connectivity index (χ2v) is 6.28. The number of para-hydroxylation sites is 1. The van der Waals surface area contributed by atoms with Gasteiger partial charge >= 0.3 is 0 Å². The number of ether oxygens (including phenoxy) is 1. The van der Waals surface area contributed by atoms with Crippen LogP contribution < -0.4 is 10.1 Å². The van der Waals surface area contributed by atoms with E-state index in [1.165, 1.54) is 11.1 Å². The quantitative estimate of drug-likeness (QED) is 0.814. The zero-order valence-electron chi connectivity index (χ0n) is 12.8. The van der Waals surface area contributed by atoms with Gasteiger partial charge in [-0.2, -0.15) is 0 Å². The first-order valence-corrected chi connectivity index (χ1v) is 8.03. The molecule has 0 heterocycles. The lowest BCUT2D eigenvalue weighted by atomic mass is 10.0. The van der Waals surface area contributed by atoms with E-state index in [0.717, 1.165) is 16.6 Å². The minimum absolute atomic E-state index is 0.256. The molecule has 21 heavy (non-hydrogen) atoms. The number of rotatable bonds is 6. The molecule has 0 aromatic heterocycles. The van der Waals surface area contributed by atoms with E-state index < -0.39 is 0 Å². The lowest BCUT2D eigenvalue weighted by Crippen LogP contribution is -2.30. The van der Waals surface area contributed by atoms with Crippen molar-refractivity contribution < 1.29 is 4.74 Å². The third-order valence-corrected chi connectivity index (χ3v) is 4.12. The molecule has 2 aromatic rings. The van der Waals surface area contributed by atoms with Gasteiger partial charge < -0.3 is 10.1 Å². The van der Waals surface area contributed by atoms with Crippen molar-refractivity contribution >= 4 is 15.9 Å². The van der Waals surface area contributed by atoms with Crippen LogP contribution in [0.2, 0.25) is 0 Å². The van der Waals surface area contributed by atoms with Gasteiger partial charge in [-0.25, -0.2) is 0 Å². The molecule has 0 aliphatic rings. The highest BCUT2D eigenvalue weighted by atomic mass is 79.9. The third kappa shape index (κ3) is 4.58. The van der Waals surface area contributed by atoms with Crippen molar-refractivity contribution in [1.82, 2.24) is 5.32 Å². The van der Waals surface area contributed by atoms with E-state index in [1.807, 2.05) is 12.1 Å². The lowest BCUT2D eigenvalue weighted by Gasteiger charge is -2.22. The van der Waals surface area contributed by atoms with Crippen LogP contribution in [0.15, 0.2) is 53.0 Å². The van der Waals surface area contributed by atoms with Gasteiger partial charge in [0.05, 0.1) is 7.11 Å². The fourth-order valence-corrected chi connectivity index (χ4v) is 2.84. The molecule has 0 fully saturated rings. The first-order chi connectivity index (χ1) is 10.1. The Bertz CT molecular complexity index is 568. The van der Waals surface area contributed by atoms with Crippen molar-refractivity contribution in [2.75, 3.05) is 7.11 Å². The fourth-order valence-electron chi connectivity index (χ4n) is 2.57. The lowest BCUT2D eigenvalue weighted by molar-refractivity contribution is 0.395. The number of benzene rings is 2. The summed E-state index contributed by atoms with van der Waals surface area (Å²) in [7, 11) is 1.72. The molecule has 1 N–H and O–H groups in total. The van der Waals surface area contributed by atoms with Crippen molar-refractivity contribution in [1.29, 1.82) is 0 Å². The smallest absolute Gasteiger partial charge is 0.123 e. The number of hydrogen-bond donors (Lipinski definition) is 1. The molecular weight excluding hydrogens is 326 g/mol. The van der Waals surface area contributed by atoms with Gasteiger partial charge in [-0.3, -0.25) is 0 Å². The van der Waals surface area contributed by atoms with Crippen LogP contribution in [-0.4, -0.2) is 13.2 Å². The van der Waals surface area contributed by atoms with Crippen molar-refractivity contribution in [2.24, 2.45) is 0 Å². The summed E-state index contributed by atoms with van der Waals surface area (Å²) in [4.78, 5) is 0. The van der Waals surface area contributed by atoms with E-state index in [4.69, 9.17) is 4.74 Å². The van der Waals surface area contributed by atoms with Crippen LogP contribution >= 0.6 is 15.9 Å². The average Bonchev–Trinajstić information content (AvgIpc) is 2.49. The third-order valence-electron chi connectivity index (χ3n) is 3.60. The summed E-state index contributed by atoms with van der Waals surface area (Å²) in [6.45, 7) is 4.39. The summed E-state index contributed by atoms with van der Waals surface area (Å²) in [6.07, 6.45) is 1.01. The van der Waals surface area contributed by atoms with Crippen LogP contribution in [0, 0.1) is 0 Å². The largest absolute Gasteiger partial charge is 0.496 e. The molecule has 3 heteroatoms. The van der Waals surface area contributed by atoms with Crippen LogP contribution in [0.3, 0.4) is 0 Å². The maximum atomic E-state index is 5.43. The molecule has 112 valence electrons. The Morgan fingerprint density at radius 2 is 1.71 bits per heavy atom. The number of hydrogen-bond acceptors (Lipinski definition) is 2. The predicted molar refractivity (Wildman–Crippen MR) is 91.9 cm³/mol. The van der Waals surface area contributed by atoms with E-state index in [0.29, 0.717) is 6.04 Å². The molecule has 0 saturated carbocycles. The van der Waals surface area contributed by atoms with E-state index in [9.17, 15) is 0 Å². The molecular formula is C18H22BrNO. The van der Waals surface area contributed by atoms with Gasteiger partial charge in [0.15, 0.2) is 0 Å². The topological polar surface area (TPSA) is 21.3 Å². The summed E-state index contributed by atoms with van der Waals surface area (Å²) >= 11 is 3.47. The van der Waals surface area contributed by atoms with Crippen molar-refractivity contribution in [3.8, 4) is 5.75 Å². The Morgan fingerprint density at radius 3 is 2.38 bits per heavy atom. The molecule has 2 nitrogen and oxygen atoms in total. The van der Waals surface area contributed by atoms with Crippen LogP contribution in [0.1, 0.15) is 31.0 Å². The van der Waals surface area contributed by atoms with Gasteiger partial charge in [-0.15, -0.1) is 0 Å². The van der Waals surface area contributed by atoms with Gasteiger partial charge in [0.1, 0.15) is 5.75 Å². The molecule has 0 aliphatic carbocycles. The van der Waals surface area contributed by atoms with Gasteiger partial charge in [-0.05, 0) is 44.0 Å². The Morgan fingerprint density at radius 1 is 1.05 bits per heavy atom. The SMILES string of the molecule is COc1ccccc1C(C)NC(C)Cc1ccc(Br)cc1. The summed E-state index contributed by atoms with van der Waals surface area (Å²) in [6, 6.07) is 17.3. The van der Waals surface area contributed by atoms with Crippen molar-refractivity contribution in [3.63, 3.8) is 0 Å². The summed E-state index contributed by atoms with van der Waals surface area (Å²) in [5, 5.41) is 3.64. The molecule has 0 spiro atoms. The number of methoxy groups -OCH3 is 1. The van der Waals surface area contributed by atoms with Crippen LogP contribution in [0.4, 0.5) is 0 Å². The monoisotopic (exact) mass is 347 g/mol. The summed E-state index contributed by atoms with van der Waals surface area (Å²) in [5.74, 6) is 0.938. The predicted octanol–water partition coefficient (Wildman–Crippen LogP) is 4.74. The van der Waals surface area contributed by atoms with E-state index in [-0.39, 0.29) is 6.04 Å². The van der Waals surface area contributed by atoms with Gasteiger partial charge in [0.25, 0.3) is 0 Å².